The highest BCUT2D eigenvalue weighted by Gasteiger charge is 2.40. The number of halogens is 1. The summed E-state index contributed by atoms with van der Waals surface area (Å²) in [4.78, 5) is 28.2. The van der Waals surface area contributed by atoms with E-state index in [0.29, 0.717) is 35.1 Å². The summed E-state index contributed by atoms with van der Waals surface area (Å²) in [6.45, 7) is 7.37. The van der Waals surface area contributed by atoms with Gasteiger partial charge in [-0.25, -0.2) is 9.59 Å². The van der Waals surface area contributed by atoms with E-state index in [9.17, 15) is 9.59 Å². The summed E-state index contributed by atoms with van der Waals surface area (Å²) in [5, 5.41) is 6.48. The Hall–Kier alpha value is -3.55. The van der Waals surface area contributed by atoms with Crippen LogP contribution in [-0.4, -0.2) is 54.8 Å². The molecule has 1 saturated heterocycles. The molecule has 1 fully saturated rings. The fourth-order valence-corrected chi connectivity index (χ4v) is 4.39. The minimum Gasteiger partial charge on any atom is -0.497 e. The highest BCUT2D eigenvalue weighted by Crippen LogP contribution is 2.26. The van der Waals surface area contributed by atoms with Crippen LogP contribution in [0.2, 0.25) is 5.02 Å². The topological polar surface area (TPSA) is 79.9 Å². The fourth-order valence-electron chi connectivity index (χ4n) is 4.26. The van der Waals surface area contributed by atoms with E-state index in [0.717, 1.165) is 11.1 Å². The molecule has 4 rings (SSSR count). The Labute approximate surface area is 222 Å². The van der Waals surface area contributed by atoms with Crippen LogP contribution in [0.1, 0.15) is 31.1 Å². The number of methoxy groups -OCH3 is 1. The fraction of sp³-hybridized carbons (Fsp3) is 0.310. The van der Waals surface area contributed by atoms with Crippen LogP contribution < -0.4 is 15.4 Å². The molecule has 2 amide bonds. The number of rotatable bonds is 6. The zero-order valence-corrected chi connectivity index (χ0v) is 22.2. The smallest absolute Gasteiger partial charge is 0.338 e. The van der Waals surface area contributed by atoms with Crippen molar-refractivity contribution in [1.82, 2.24) is 10.2 Å². The molecule has 0 bridgehead atoms. The molecular weight excluding hydrogens is 490 g/mol. The van der Waals surface area contributed by atoms with E-state index in [4.69, 9.17) is 21.1 Å². The van der Waals surface area contributed by atoms with Gasteiger partial charge in [0.05, 0.1) is 18.7 Å². The van der Waals surface area contributed by atoms with Crippen molar-refractivity contribution in [2.45, 2.75) is 38.5 Å². The van der Waals surface area contributed by atoms with E-state index in [1.807, 2.05) is 36.4 Å². The van der Waals surface area contributed by atoms with Crippen molar-refractivity contribution >= 4 is 29.3 Å². The first kappa shape index (κ1) is 26.5. The molecule has 8 heteroatoms. The minimum atomic E-state index is -0.507. The lowest BCUT2D eigenvalue weighted by Gasteiger charge is -2.31. The Morgan fingerprint density at radius 1 is 0.946 bits per heavy atom. The summed E-state index contributed by atoms with van der Waals surface area (Å²) < 4.78 is 11.1. The Kier molecular flexibility index (Phi) is 8.05. The monoisotopic (exact) mass is 521 g/mol. The van der Waals surface area contributed by atoms with E-state index in [-0.39, 0.29) is 17.6 Å². The second-order valence-electron chi connectivity index (χ2n) is 10.0. The van der Waals surface area contributed by atoms with Crippen LogP contribution in [-0.2, 0) is 4.74 Å². The molecular formula is C29H32ClN3O4. The second-order valence-corrected chi connectivity index (χ2v) is 10.5. The number of carbonyl (C=O) groups is 2. The lowest BCUT2D eigenvalue weighted by atomic mass is 10.0. The summed E-state index contributed by atoms with van der Waals surface area (Å²) in [5.74, 6) is 0.272. The molecule has 0 saturated carbocycles. The first-order valence-corrected chi connectivity index (χ1v) is 12.5. The summed E-state index contributed by atoms with van der Waals surface area (Å²) in [7, 11) is 1.59. The van der Waals surface area contributed by atoms with Gasteiger partial charge in [-0.1, -0.05) is 35.9 Å². The highest BCUT2D eigenvalue weighted by atomic mass is 35.5. The third-order valence-electron chi connectivity index (χ3n) is 6.41. The largest absolute Gasteiger partial charge is 0.497 e. The van der Waals surface area contributed by atoms with Gasteiger partial charge in [0.25, 0.3) is 0 Å². The number of urea groups is 1. The maximum absolute atomic E-state index is 13.2. The number of ether oxygens (including phenoxy) is 2. The maximum atomic E-state index is 13.2. The van der Waals surface area contributed by atoms with Gasteiger partial charge < -0.3 is 20.1 Å². The second kappa shape index (κ2) is 11.2. The third-order valence-corrected chi connectivity index (χ3v) is 6.67. The lowest BCUT2D eigenvalue weighted by molar-refractivity contribution is 0.0256. The number of amides is 2. The van der Waals surface area contributed by atoms with E-state index in [1.165, 1.54) is 0 Å². The van der Waals surface area contributed by atoms with Crippen LogP contribution >= 0.6 is 11.6 Å². The first-order valence-electron chi connectivity index (χ1n) is 12.2. The molecule has 0 spiro atoms. The average Bonchev–Trinajstić information content (AvgIpc) is 3.27. The molecule has 3 aromatic carbocycles. The Balaban J connectivity index is 1.46. The molecule has 37 heavy (non-hydrogen) atoms. The van der Waals surface area contributed by atoms with Gasteiger partial charge in [-0.3, -0.25) is 4.90 Å². The van der Waals surface area contributed by atoms with E-state index in [2.05, 4.69) is 36.3 Å². The van der Waals surface area contributed by atoms with Crippen molar-refractivity contribution in [1.29, 1.82) is 0 Å². The molecule has 194 valence electrons. The van der Waals surface area contributed by atoms with Crippen molar-refractivity contribution in [2.75, 3.05) is 25.5 Å². The molecule has 0 radical (unpaired) electrons. The van der Waals surface area contributed by atoms with E-state index < -0.39 is 12.1 Å². The molecule has 1 heterocycles. The van der Waals surface area contributed by atoms with Crippen molar-refractivity contribution in [3.63, 3.8) is 0 Å². The normalized spacial score (nSPS) is 17.8. The molecule has 7 nitrogen and oxygen atoms in total. The van der Waals surface area contributed by atoms with Crippen LogP contribution in [0.5, 0.6) is 5.75 Å². The van der Waals surface area contributed by atoms with E-state index in [1.54, 1.807) is 43.5 Å². The highest BCUT2D eigenvalue weighted by molar-refractivity contribution is 6.30. The lowest BCUT2D eigenvalue weighted by Crippen LogP contribution is -2.47. The summed E-state index contributed by atoms with van der Waals surface area (Å²) in [6.07, 6.45) is -0.507. The van der Waals surface area contributed by atoms with Crippen molar-refractivity contribution < 1.29 is 19.1 Å². The predicted molar refractivity (Wildman–Crippen MR) is 146 cm³/mol. The van der Waals surface area contributed by atoms with Gasteiger partial charge in [0, 0.05) is 29.3 Å². The number of nitrogens with zero attached hydrogens (tertiary/aromatic N) is 1. The number of likely N-dealkylation sites (tertiary alicyclic amines) is 1. The minimum absolute atomic E-state index is 0.151. The van der Waals surface area contributed by atoms with Gasteiger partial charge in [0.15, 0.2) is 0 Å². The zero-order chi connectivity index (χ0) is 26.6. The van der Waals surface area contributed by atoms with Crippen molar-refractivity contribution in [2.24, 2.45) is 0 Å². The zero-order valence-electron chi connectivity index (χ0n) is 21.5. The molecule has 3 aromatic rings. The number of hydrogen-bond acceptors (Lipinski definition) is 5. The predicted octanol–water partition coefficient (Wildman–Crippen LogP) is 5.85. The van der Waals surface area contributed by atoms with Gasteiger partial charge in [-0.2, -0.15) is 0 Å². The molecule has 0 aliphatic carbocycles. The molecule has 2 atom stereocenters. The number of anilines is 1. The SMILES string of the molecule is COc1ccc(NC(=O)N[C@H]2CN(C(C)(C)C)C[C@@H]2OC(=O)c2cccc(-c3ccc(Cl)cc3)c2)cc1. The van der Waals surface area contributed by atoms with Crippen molar-refractivity contribution in [3.8, 4) is 16.9 Å². The van der Waals surface area contributed by atoms with Gasteiger partial charge in [0.1, 0.15) is 11.9 Å². The Morgan fingerprint density at radius 3 is 2.30 bits per heavy atom. The number of nitrogens with one attached hydrogen (secondary N) is 2. The Bertz CT molecular complexity index is 1240. The average molecular weight is 522 g/mol. The Morgan fingerprint density at radius 2 is 1.65 bits per heavy atom. The molecule has 0 aromatic heterocycles. The van der Waals surface area contributed by atoms with Crippen molar-refractivity contribution in [3.05, 3.63) is 83.4 Å². The van der Waals surface area contributed by atoms with Crippen LogP contribution in [0, 0.1) is 0 Å². The van der Waals surface area contributed by atoms with Gasteiger partial charge in [-0.05, 0) is 80.4 Å². The van der Waals surface area contributed by atoms with Gasteiger partial charge in [-0.15, -0.1) is 0 Å². The third kappa shape index (κ3) is 6.81. The maximum Gasteiger partial charge on any atom is 0.338 e. The van der Waals surface area contributed by atoms with Crippen LogP contribution in [0.4, 0.5) is 10.5 Å². The standard InChI is InChI=1S/C29H32ClN3O4/c1-29(2,3)33-17-25(32-28(35)31-23-12-14-24(36-4)15-13-23)26(18-33)37-27(34)21-7-5-6-20(16-21)19-8-10-22(30)11-9-19/h5-16,25-26H,17-18H2,1-4H3,(H2,31,32,35)/t25-,26-/m0/s1. The number of esters is 1. The van der Waals surface area contributed by atoms with Crippen LogP contribution in [0.15, 0.2) is 72.8 Å². The number of hydrogen-bond donors (Lipinski definition) is 2. The molecule has 1 aliphatic rings. The molecule has 1 aliphatic heterocycles. The summed E-state index contributed by atoms with van der Waals surface area (Å²) in [6, 6.07) is 21.1. The molecule has 2 N–H and O–H groups in total. The van der Waals surface area contributed by atoms with Gasteiger partial charge >= 0.3 is 12.0 Å². The first-order chi connectivity index (χ1) is 17.6. The quantitative estimate of drug-likeness (QED) is 0.398. The number of carbonyl (C=O) groups excluding carboxylic acids is 2. The van der Waals surface area contributed by atoms with Crippen LogP contribution in [0.3, 0.4) is 0 Å². The number of benzene rings is 3. The summed E-state index contributed by atoms with van der Waals surface area (Å²) >= 11 is 6.01. The summed E-state index contributed by atoms with van der Waals surface area (Å²) in [5.41, 5.74) is 2.78. The van der Waals surface area contributed by atoms with E-state index >= 15 is 0 Å². The van der Waals surface area contributed by atoms with Gasteiger partial charge in [0.2, 0.25) is 0 Å². The van der Waals surface area contributed by atoms with Crippen LogP contribution in [0.25, 0.3) is 11.1 Å². The molecule has 0 unspecified atom stereocenters.